The van der Waals surface area contributed by atoms with E-state index < -0.39 is 23.9 Å². The van der Waals surface area contributed by atoms with E-state index in [-0.39, 0.29) is 16.9 Å². The normalized spacial score (nSPS) is 10.0. The van der Waals surface area contributed by atoms with E-state index in [0.717, 1.165) is 17.2 Å². The molecular weight excluding hydrogens is 668 g/mol. The molecule has 0 bridgehead atoms. The van der Waals surface area contributed by atoms with Gasteiger partial charge in [0, 0.05) is 45.0 Å². The van der Waals surface area contributed by atoms with Crippen molar-refractivity contribution >= 4 is 30.0 Å². The number of esters is 4. The van der Waals surface area contributed by atoms with Crippen LogP contribution < -0.4 is 14.2 Å². The molecule has 4 rings (SSSR count). The summed E-state index contributed by atoms with van der Waals surface area (Å²) in [4.78, 5) is 48.4. The maximum absolute atomic E-state index is 12.6. The fourth-order valence-electron chi connectivity index (χ4n) is 4.25. The first-order valence-corrected chi connectivity index (χ1v) is 16.0. The highest BCUT2D eigenvalue weighted by molar-refractivity contribution is 5.90. The Kier molecular flexibility index (Phi) is 13.0. The summed E-state index contributed by atoms with van der Waals surface area (Å²) < 4.78 is 21.4. The molecule has 0 aliphatic rings. The van der Waals surface area contributed by atoms with Crippen LogP contribution in [-0.4, -0.2) is 23.9 Å². The van der Waals surface area contributed by atoms with Crippen LogP contribution in [0.2, 0.25) is 0 Å². The van der Waals surface area contributed by atoms with Crippen LogP contribution in [0.3, 0.4) is 0 Å². The number of ether oxygens (including phenoxy) is 4. The second kappa shape index (κ2) is 18.0. The largest absolute Gasteiger partial charge is 0.431 e. The van der Waals surface area contributed by atoms with Gasteiger partial charge in [0.05, 0.1) is 11.8 Å². The molecule has 0 atom stereocenters. The highest BCUT2D eigenvalue weighted by Gasteiger charge is 2.17. The van der Waals surface area contributed by atoms with Crippen molar-refractivity contribution < 1.29 is 38.1 Å². The van der Waals surface area contributed by atoms with Gasteiger partial charge in [0.1, 0.15) is 11.5 Å². The van der Waals surface area contributed by atoms with Crippen LogP contribution in [0.15, 0.2) is 140 Å². The molecule has 0 unspecified atom stereocenters. The first-order valence-electron chi connectivity index (χ1n) is 16.0. The zero-order valence-corrected chi connectivity index (χ0v) is 29.4. The van der Waals surface area contributed by atoms with Crippen LogP contribution in [0.4, 0.5) is 0 Å². The Morgan fingerprint density at radius 1 is 0.566 bits per heavy atom. The van der Waals surface area contributed by atoms with E-state index in [0.29, 0.717) is 44.9 Å². The second-order valence-corrected chi connectivity index (χ2v) is 11.5. The van der Waals surface area contributed by atoms with Crippen molar-refractivity contribution in [2.24, 2.45) is 0 Å². The molecule has 0 aliphatic carbocycles. The molecule has 8 heteroatoms. The zero-order chi connectivity index (χ0) is 38.5. The lowest BCUT2D eigenvalue weighted by molar-refractivity contribution is -0.133. The predicted octanol–water partition coefficient (Wildman–Crippen LogP) is 8.30. The Bertz CT molecular complexity index is 2280. The van der Waals surface area contributed by atoms with Crippen LogP contribution in [0.25, 0.3) is 17.2 Å². The number of benzene rings is 4. The Morgan fingerprint density at radius 3 is 1.47 bits per heavy atom. The minimum absolute atomic E-state index is 0.107. The maximum Gasteiger partial charge on any atom is 0.338 e. The topological polar surface area (TPSA) is 105 Å². The van der Waals surface area contributed by atoms with Crippen molar-refractivity contribution in [3.63, 3.8) is 0 Å². The van der Waals surface area contributed by atoms with E-state index in [1.165, 1.54) is 19.3 Å². The third-order valence-corrected chi connectivity index (χ3v) is 7.04. The lowest BCUT2D eigenvalue weighted by atomic mass is 9.95. The fourth-order valence-corrected chi connectivity index (χ4v) is 4.25. The van der Waals surface area contributed by atoms with Crippen molar-refractivity contribution in [2.75, 3.05) is 0 Å². The van der Waals surface area contributed by atoms with Crippen LogP contribution in [0.5, 0.6) is 17.2 Å². The van der Waals surface area contributed by atoms with Gasteiger partial charge in [-0.25, -0.2) is 19.2 Å². The first kappa shape index (κ1) is 38.4. The molecule has 53 heavy (non-hydrogen) atoms. The highest BCUT2D eigenvalue weighted by atomic mass is 16.5. The average molecular weight is 703 g/mol. The van der Waals surface area contributed by atoms with Gasteiger partial charge in [0.25, 0.3) is 0 Å². The fraction of sp³-hybridized carbons (Fsp3) is 0.0667. The molecule has 0 spiro atoms. The van der Waals surface area contributed by atoms with Gasteiger partial charge >= 0.3 is 23.9 Å². The zero-order valence-electron chi connectivity index (χ0n) is 29.4. The van der Waals surface area contributed by atoms with E-state index in [4.69, 9.17) is 18.9 Å². The van der Waals surface area contributed by atoms with Gasteiger partial charge in [-0.3, -0.25) is 0 Å². The lowest BCUT2D eigenvalue weighted by Crippen LogP contribution is -2.07. The minimum Gasteiger partial charge on any atom is -0.431 e. The van der Waals surface area contributed by atoms with Crippen LogP contribution >= 0.6 is 0 Å². The number of carbonyl (C=O) groups is 4. The molecule has 8 nitrogen and oxygen atoms in total. The number of carbonyl (C=O) groups excluding carboxylic acids is 4. The first-order chi connectivity index (χ1) is 25.3. The van der Waals surface area contributed by atoms with Crippen molar-refractivity contribution in [3.05, 3.63) is 168 Å². The summed E-state index contributed by atoms with van der Waals surface area (Å²) in [6.07, 6.45) is 3.72. The van der Waals surface area contributed by atoms with E-state index in [1.807, 2.05) is 24.3 Å². The van der Waals surface area contributed by atoms with Crippen LogP contribution in [-0.2, 0) is 23.9 Å². The molecule has 0 aliphatic heterocycles. The molecule has 0 aromatic heterocycles. The van der Waals surface area contributed by atoms with Crippen molar-refractivity contribution in [2.45, 2.75) is 20.8 Å². The summed E-state index contributed by atoms with van der Waals surface area (Å²) in [7, 11) is 0. The van der Waals surface area contributed by atoms with Crippen molar-refractivity contribution in [1.29, 1.82) is 0 Å². The summed E-state index contributed by atoms with van der Waals surface area (Å²) in [5, 5.41) is 0. The summed E-state index contributed by atoms with van der Waals surface area (Å²) in [6.45, 7) is 18.9. The predicted molar refractivity (Wildman–Crippen MR) is 203 cm³/mol. The van der Waals surface area contributed by atoms with E-state index in [1.54, 1.807) is 74.5 Å². The van der Waals surface area contributed by atoms with Crippen LogP contribution in [0, 0.1) is 23.7 Å². The molecular formula is C45H34O8. The van der Waals surface area contributed by atoms with E-state index in [2.05, 4.69) is 50.0 Å². The Morgan fingerprint density at radius 2 is 1.02 bits per heavy atom. The smallest absolute Gasteiger partial charge is 0.338 e. The Balaban J connectivity index is 1.71. The molecule has 0 radical (unpaired) electrons. The lowest BCUT2D eigenvalue weighted by Gasteiger charge is -2.14. The minimum atomic E-state index is -0.727. The molecule has 0 heterocycles. The number of hydrogen-bond acceptors (Lipinski definition) is 8. The number of rotatable bonds is 10. The van der Waals surface area contributed by atoms with Gasteiger partial charge < -0.3 is 18.9 Å². The summed E-state index contributed by atoms with van der Waals surface area (Å²) in [5.41, 5.74) is 4.93. The number of hydrogen-bond donors (Lipinski definition) is 0. The van der Waals surface area contributed by atoms with Gasteiger partial charge in [-0.1, -0.05) is 68.2 Å². The van der Waals surface area contributed by atoms with Gasteiger partial charge in [0.2, 0.25) is 0 Å². The van der Waals surface area contributed by atoms with Crippen molar-refractivity contribution in [1.82, 2.24) is 0 Å². The summed E-state index contributed by atoms with van der Waals surface area (Å²) >= 11 is 0. The second-order valence-electron chi connectivity index (χ2n) is 11.5. The molecule has 4 aromatic carbocycles. The third kappa shape index (κ3) is 11.0. The summed E-state index contributed by atoms with van der Waals surface area (Å²) in [5.74, 6) is 10.7. The molecule has 4 aromatic rings. The Hall–Kier alpha value is -7.42. The van der Waals surface area contributed by atoms with Gasteiger partial charge in [0.15, 0.2) is 5.75 Å². The standard InChI is InChI=1S/C45H34O8/c1-8-41(46)53-42-36(20-13-34-16-24-38(25-17-34)52-45(49)31(6)7)21-26-39(40(42)27-28-50-43(47)29(2)3)35-18-11-32(12-19-35)9-10-33-14-22-37(23-15-33)51-44(48)30(4)5/h8,11-12,14-19,21-28H,1-2,4,6H2,3,5,7H3. The quantitative estimate of drug-likeness (QED) is 0.0535. The van der Waals surface area contributed by atoms with Crippen LogP contribution in [0.1, 0.15) is 48.6 Å². The third-order valence-electron chi connectivity index (χ3n) is 7.04. The SMILES string of the molecule is C=CC(=O)Oc1c(C#Cc2ccc(OC(=O)C(=C)C)cc2)ccc(-c2ccc(C#Cc3ccc(OC(=O)C(=C)C)cc3)cc2)c1C=COC(=O)C(=C)C. The van der Waals surface area contributed by atoms with Gasteiger partial charge in [-0.2, -0.15) is 0 Å². The molecule has 0 N–H and O–H groups in total. The summed E-state index contributed by atoms with van der Waals surface area (Å²) in [6, 6.07) is 24.2. The highest BCUT2D eigenvalue weighted by Crippen LogP contribution is 2.35. The maximum atomic E-state index is 12.6. The molecule has 0 saturated heterocycles. The average Bonchev–Trinajstić information content (AvgIpc) is 3.14. The van der Waals surface area contributed by atoms with Gasteiger partial charge in [-0.05, 0) is 105 Å². The van der Waals surface area contributed by atoms with Gasteiger partial charge in [-0.15, -0.1) is 0 Å². The van der Waals surface area contributed by atoms with E-state index in [9.17, 15) is 19.2 Å². The molecule has 0 saturated carbocycles. The monoisotopic (exact) mass is 702 g/mol. The Labute approximate surface area is 308 Å². The van der Waals surface area contributed by atoms with Crippen molar-refractivity contribution in [3.8, 4) is 52.1 Å². The van der Waals surface area contributed by atoms with E-state index >= 15 is 0 Å². The molecule has 262 valence electrons. The molecule has 0 amide bonds. The molecule has 0 fully saturated rings.